The van der Waals surface area contributed by atoms with Gasteiger partial charge < -0.3 is 9.84 Å². The molecule has 0 aromatic carbocycles. The van der Waals surface area contributed by atoms with E-state index in [1.54, 1.807) is 6.08 Å². The minimum absolute atomic E-state index is 0.107. The van der Waals surface area contributed by atoms with Crippen LogP contribution in [0.1, 0.15) is 13.8 Å². The van der Waals surface area contributed by atoms with Gasteiger partial charge in [0.15, 0.2) is 0 Å². The number of rotatable bonds is 2. The van der Waals surface area contributed by atoms with Crippen LogP contribution in [0.25, 0.3) is 0 Å². The van der Waals surface area contributed by atoms with Crippen molar-refractivity contribution in [3.8, 4) is 0 Å². The monoisotopic (exact) mass is 156 g/mol. The normalized spacial score (nSPS) is 25.8. The van der Waals surface area contributed by atoms with E-state index in [-0.39, 0.29) is 11.9 Å². The number of carbonyl (C=O) groups is 1. The molecule has 3 heteroatoms. The standard InChI is InChI=1S/C8H12O3/c1-5(2)8(10)6-3-4-7(9)11-6/h3-6,8,10H,1-2H3. The van der Waals surface area contributed by atoms with Crippen LogP contribution < -0.4 is 0 Å². The molecule has 62 valence electrons. The Labute approximate surface area is 65.7 Å². The fourth-order valence-corrected chi connectivity index (χ4v) is 0.949. The highest BCUT2D eigenvalue weighted by Gasteiger charge is 2.26. The van der Waals surface area contributed by atoms with Crippen molar-refractivity contribution < 1.29 is 14.6 Å². The van der Waals surface area contributed by atoms with Crippen molar-refractivity contribution in [2.45, 2.75) is 26.1 Å². The molecule has 0 fully saturated rings. The topological polar surface area (TPSA) is 46.5 Å². The number of aliphatic hydroxyl groups excluding tert-OH is 1. The Balaban J connectivity index is 2.51. The van der Waals surface area contributed by atoms with Gasteiger partial charge in [0.1, 0.15) is 6.10 Å². The van der Waals surface area contributed by atoms with Gasteiger partial charge in [-0.3, -0.25) is 0 Å². The SMILES string of the molecule is CC(C)C(O)C1C=CC(=O)O1. The summed E-state index contributed by atoms with van der Waals surface area (Å²) in [5, 5.41) is 9.42. The van der Waals surface area contributed by atoms with Gasteiger partial charge in [-0.15, -0.1) is 0 Å². The molecule has 1 heterocycles. The second-order valence-electron chi connectivity index (χ2n) is 3.00. The van der Waals surface area contributed by atoms with Gasteiger partial charge in [-0.2, -0.15) is 0 Å². The average Bonchev–Trinajstić information content (AvgIpc) is 2.34. The van der Waals surface area contributed by atoms with E-state index < -0.39 is 12.2 Å². The summed E-state index contributed by atoms with van der Waals surface area (Å²) in [5.41, 5.74) is 0. The lowest BCUT2D eigenvalue weighted by Gasteiger charge is -2.19. The highest BCUT2D eigenvalue weighted by Crippen LogP contribution is 2.15. The molecule has 1 N–H and O–H groups in total. The van der Waals surface area contributed by atoms with Crippen molar-refractivity contribution in [1.29, 1.82) is 0 Å². The van der Waals surface area contributed by atoms with Gasteiger partial charge in [0.25, 0.3) is 0 Å². The number of aliphatic hydroxyl groups is 1. The number of ether oxygens (including phenoxy) is 1. The first-order valence-electron chi connectivity index (χ1n) is 3.68. The number of cyclic esters (lactones) is 1. The minimum atomic E-state index is -0.585. The molecule has 2 atom stereocenters. The first-order chi connectivity index (χ1) is 5.11. The van der Waals surface area contributed by atoms with Gasteiger partial charge in [0.2, 0.25) is 0 Å². The van der Waals surface area contributed by atoms with E-state index in [0.29, 0.717) is 0 Å². The fourth-order valence-electron chi connectivity index (χ4n) is 0.949. The lowest BCUT2D eigenvalue weighted by molar-refractivity contribution is -0.143. The summed E-state index contributed by atoms with van der Waals surface area (Å²) < 4.78 is 4.78. The first-order valence-corrected chi connectivity index (χ1v) is 3.68. The molecule has 0 saturated carbocycles. The number of hydrogen-bond acceptors (Lipinski definition) is 3. The molecule has 2 unspecified atom stereocenters. The Kier molecular flexibility index (Phi) is 2.29. The predicted molar refractivity (Wildman–Crippen MR) is 39.9 cm³/mol. The van der Waals surface area contributed by atoms with Crippen molar-refractivity contribution in [2.75, 3.05) is 0 Å². The summed E-state index contributed by atoms with van der Waals surface area (Å²) in [6.45, 7) is 3.76. The van der Waals surface area contributed by atoms with Gasteiger partial charge >= 0.3 is 5.97 Å². The Hall–Kier alpha value is -0.830. The minimum Gasteiger partial charge on any atom is -0.452 e. The van der Waals surface area contributed by atoms with Crippen molar-refractivity contribution in [1.82, 2.24) is 0 Å². The van der Waals surface area contributed by atoms with Crippen LogP contribution in [0.15, 0.2) is 12.2 Å². The largest absolute Gasteiger partial charge is 0.452 e. The summed E-state index contributed by atoms with van der Waals surface area (Å²) in [6.07, 6.45) is 1.91. The van der Waals surface area contributed by atoms with Crippen LogP contribution in [-0.4, -0.2) is 23.3 Å². The predicted octanol–water partition coefficient (Wildman–Crippen LogP) is 0.485. The highest BCUT2D eigenvalue weighted by molar-refractivity contribution is 5.84. The van der Waals surface area contributed by atoms with Gasteiger partial charge in [-0.05, 0) is 12.0 Å². The van der Waals surface area contributed by atoms with Gasteiger partial charge in [-0.25, -0.2) is 4.79 Å². The maximum absolute atomic E-state index is 10.6. The van der Waals surface area contributed by atoms with E-state index in [9.17, 15) is 9.90 Å². The molecule has 1 rings (SSSR count). The van der Waals surface area contributed by atoms with E-state index >= 15 is 0 Å². The van der Waals surface area contributed by atoms with Crippen LogP contribution in [-0.2, 0) is 9.53 Å². The third-order valence-electron chi connectivity index (χ3n) is 1.69. The molecule has 1 aliphatic heterocycles. The molecule has 0 aromatic rings. The maximum Gasteiger partial charge on any atom is 0.331 e. The van der Waals surface area contributed by atoms with Crippen LogP contribution >= 0.6 is 0 Å². The molecular weight excluding hydrogens is 144 g/mol. The van der Waals surface area contributed by atoms with Crippen molar-refractivity contribution in [3.63, 3.8) is 0 Å². The Morgan fingerprint density at radius 1 is 1.64 bits per heavy atom. The second-order valence-corrected chi connectivity index (χ2v) is 3.00. The molecular formula is C8H12O3. The van der Waals surface area contributed by atoms with Crippen LogP contribution in [0.2, 0.25) is 0 Å². The maximum atomic E-state index is 10.6. The molecule has 0 radical (unpaired) electrons. The average molecular weight is 156 g/mol. The Bertz CT molecular complexity index is 184. The van der Waals surface area contributed by atoms with E-state index in [2.05, 4.69) is 0 Å². The molecule has 0 spiro atoms. The third kappa shape index (κ3) is 1.80. The Morgan fingerprint density at radius 2 is 2.27 bits per heavy atom. The van der Waals surface area contributed by atoms with E-state index in [1.807, 2.05) is 13.8 Å². The second kappa shape index (κ2) is 3.05. The zero-order valence-corrected chi connectivity index (χ0v) is 6.65. The zero-order chi connectivity index (χ0) is 8.43. The van der Waals surface area contributed by atoms with Crippen molar-refractivity contribution in [2.24, 2.45) is 5.92 Å². The Morgan fingerprint density at radius 3 is 2.64 bits per heavy atom. The number of hydrogen-bond donors (Lipinski definition) is 1. The smallest absolute Gasteiger partial charge is 0.331 e. The lowest BCUT2D eigenvalue weighted by atomic mass is 10.0. The van der Waals surface area contributed by atoms with Crippen LogP contribution in [0.5, 0.6) is 0 Å². The van der Waals surface area contributed by atoms with E-state index in [4.69, 9.17) is 4.74 Å². The fraction of sp³-hybridized carbons (Fsp3) is 0.625. The molecule has 0 bridgehead atoms. The molecule has 3 nitrogen and oxygen atoms in total. The molecule has 11 heavy (non-hydrogen) atoms. The van der Waals surface area contributed by atoms with Crippen molar-refractivity contribution in [3.05, 3.63) is 12.2 Å². The summed E-state index contributed by atoms with van der Waals surface area (Å²) in [7, 11) is 0. The first kappa shape index (κ1) is 8.27. The number of esters is 1. The summed E-state index contributed by atoms with van der Waals surface area (Å²) >= 11 is 0. The summed E-state index contributed by atoms with van der Waals surface area (Å²) in [6, 6.07) is 0. The van der Waals surface area contributed by atoms with E-state index in [0.717, 1.165) is 0 Å². The molecule has 0 aromatic heterocycles. The van der Waals surface area contributed by atoms with Gasteiger partial charge in [0, 0.05) is 6.08 Å². The quantitative estimate of drug-likeness (QED) is 0.592. The van der Waals surface area contributed by atoms with E-state index in [1.165, 1.54) is 6.08 Å². The number of carbonyl (C=O) groups excluding carboxylic acids is 1. The van der Waals surface area contributed by atoms with Gasteiger partial charge in [0.05, 0.1) is 6.10 Å². The molecule has 0 aliphatic carbocycles. The third-order valence-corrected chi connectivity index (χ3v) is 1.69. The lowest BCUT2D eigenvalue weighted by Crippen LogP contribution is -2.30. The highest BCUT2D eigenvalue weighted by atomic mass is 16.6. The van der Waals surface area contributed by atoms with Crippen LogP contribution in [0, 0.1) is 5.92 Å². The van der Waals surface area contributed by atoms with Crippen molar-refractivity contribution >= 4 is 5.97 Å². The van der Waals surface area contributed by atoms with Crippen LogP contribution in [0.3, 0.4) is 0 Å². The summed E-state index contributed by atoms with van der Waals surface area (Å²) in [4.78, 5) is 10.6. The summed E-state index contributed by atoms with van der Waals surface area (Å²) in [5.74, 6) is -0.259. The molecule has 0 amide bonds. The van der Waals surface area contributed by atoms with Gasteiger partial charge in [-0.1, -0.05) is 13.8 Å². The zero-order valence-electron chi connectivity index (χ0n) is 6.65. The molecule has 1 aliphatic rings. The van der Waals surface area contributed by atoms with Crippen LogP contribution in [0.4, 0.5) is 0 Å². The molecule has 0 saturated heterocycles.